The van der Waals surface area contributed by atoms with E-state index in [0.29, 0.717) is 56.9 Å². The molecule has 0 radical (unpaired) electrons. The Morgan fingerprint density at radius 1 is 1.30 bits per heavy atom. The number of aromatic nitrogens is 2. The Bertz CT molecular complexity index is 1310. The van der Waals surface area contributed by atoms with E-state index in [1.165, 1.54) is 0 Å². The fourth-order valence-electron chi connectivity index (χ4n) is 3.24. The van der Waals surface area contributed by atoms with Gasteiger partial charge < -0.3 is 15.6 Å². The van der Waals surface area contributed by atoms with Gasteiger partial charge in [0, 0.05) is 34.9 Å². The van der Waals surface area contributed by atoms with E-state index in [1.807, 2.05) is 19.2 Å². The lowest BCUT2D eigenvalue weighted by Gasteiger charge is -2.16. The van der Waals surface area contributed by atoms with Crippen LogP contribution in [0.4, 0.5) is 11.5 Å². The summed E-state index contributed by atoms with van der Waals surface area (Å²) in [5.41, 5.74) is 4.87. The van der Waals surface area contributed by atoms with Crippen LogP contribution in [0, 0.1) is 0 Å². The van der Waals surface area contributed by atoms with Gasteiger partial charge in [0.05, 0.1) is 38.9 Å². The van der Waals surface area contributed by atoms with E-state index >= 15 is 0 Å². The lowest BCUT2D eigenvalue weighted by Crippen LogP contribution is -2.38. The SMILES string of the molecule is C=C(NOCC)c1cc(Cl)c(Nc2nc3cc[nH]c(=O)c3c3c2=CCNC=3)c(Cl)c1. The van der Waals surface area contributed by atoms with Gasteiger partial charge in [-0.1, -0.05) is 35.9 Å². The zero-order valence-corrected chi connectivity index (χ0v) is 17.6. The molecule has 1 aliphatic rings. The monoisotopic (exact) mass is 443 g/mol. The van der Waals surface area contributed by atoms with Crippen LogP contribution in [0.15, 0.2) is 35.8 Å². The molecular formula is C21H19Cl2N5O2. The molecule has 0 unspecified atom stereocenters. The maximum atomic E-state index is 12.4. The molecule has 4 N–H and O–H groups in total. The molecule has 0 saturated carbocycles. The maximum Gasteiger partial charge on any atom is 0.258 e. The number of anilines is 2. The Balaban J connectivity index is 1.81. The average molecular weight is 444 g/mol. The van der Waals surface area contributed by atoms with Gasteiger partial charge in [0.15, 0.2) is 0 Å². The molecule has 1 aliphatic heterocycles. The Labute approximate surface area is 182 Å². The van der Waals surface area contributed by atoms with E-state index in [0.717, 1.165) is 10.4 Å². The summed E-state index contributed by atoms with van der Waals surface area (Å²) in [6.07, 6.45) is 5.34. The molecule has 0 spiro atoms. The molecule has 154 valence electrons. The second-order valence-electron chi connectivity index (χ2n) is 6.57. The first kappa shape index (κ1) is 20.3. The lowest BCUT2D eigenvalue weighted by atomic mass is 10.1. The van der Waals surface area contributed by atoms with E-state index in [-0.39, 0.29) is 5.56 Å². The molecule has 0 bridgehead atoms. The van der Waals surface area contributed by atoms with Gasteiger partial charge in [0.1, 0.15) is 5.82 Å². The van der Waals surface area contributed by atoms with Crippen molar-refractivity contribution < 1.29 is 4.84 Å². The molecule has 3 heterocycles. The highest BCUT2D eigenvalue weighted by atomic mass is 35.5. The number of H-pyrrole nitrogens is 1. The number of hydrogen-bond acceptors (Lipinski definition) is 6. The Morgan fingerprint density at radius 2 is 2.07 bits per heavy atom. The fraction of sp³-hybridized carbons (Fsp3) is 0.143. The van der Waals surface area contributed by atoms with Crippen molar-refractivity contribution in [2.45, 2.75) is 6.92 Å². The van der Waals surface area contributed by atoms with Crippen LogP contribution >= 0.6 is 23.2 Å². The molecule has 0 atom stereocenters. The number of hydroxylamine groups is 1. The number of nitrogens with one attached hydrogen (secondary N) is 4. The van der Waals surface area contributed by atoms with E-state index in [2.05, 4.69) is 32.7 Å². The first-order chi connectivity index (χ1) is 14.5. The zero-order valence-electron chi connectivity index (χ0n) is 16.1. The van der Waals surface area contributed by atoms with Gasteiger partial charge in [-0.15, -0.1) is 0 Å². The van der Waals surface area contributed by atoms with Gasteiger partial charge in [0.25, 0.3) is 5.56 Å². The molecule has 4 rings (SSSR count). The van der Waals surface area contributed by atoms with Gasteiger partial charge in [-0.2, -0.15) is 0 Å². The number of aromatic amines is 1. The van der Waals surface area contributed by atoms with Crippen molar-refractivity contribution in [1.29, 1.82) is 0 Å². The highest BCUT2D eigenvalue weighted by molar-refractivity contribution is 6.39. The Hall–Kier alpha value is -3.00. The molecule has 7 nitrogen and oxygen atoms in total. The summed E-state index contributed by atoms with van der Waals surface area (Å²) in [7, 11) is 0. The predicted molar refractivity (Wildman–Crippen MR) is 122 cm³/mol. The van der Waals surface area contributed by atoms with Crippen LogP contribution in [0.25, 0.3) is 28.9 Å². The third kappa shape index (κ3) is 3.75. The summed E-state index contributed by atoms with van der Waals surface area (Å²) in [5, 5.41) is 9.26. The number of halogens is 2. The van der Waals surface area contributed by atoms with Crippen LogP contribution in [0.1, 0.15) is 12.5 Å². The van der Waals surface area contributed by atoms with Crippen molar-refractivity contribution >= 4 is 63.6 Å². The summed E-state index contributed by atoms with van der Waals surface area (Å²) in [5.74, 6) is 0.559. The van der Waals surface area contributed by atoms with Crippen molar-refractivity contribution in [3.8, 4) is 0 Å². The molecule has 30 heavy (non-hydrogen) atoms. The van der Waals surface area contributed by atoms with Gasteiger partial charge in [-0.3, -0.25) is 15.1 Å². The normalized spacial score (nSPS) is 12.4. The summed E-state index contributed by atoms with van der Waals surface area (Å²) < 4.78 is 0. The summed E-state index contributed by atoms with van der Waals surface area (Å²) in [4.78, 5) is 24.9. The summed E-state index contributed by atoms with van der Waals surface area (Å²) in [6, 6.07) is 5.22. The number of rotatable bonds is 6. The Morgan fingerprint density at radius 3 is 2.80 bits per heavy atom. The van der Waals surface area contributed by atoms with Crippen molar-refractivity contribution in [3.05, 3.63) is 67.4 Å². The molecular weight excluding hydrogens is 425 g/mol. The van der Waals surface area contributed by atoms with Gasteiger partial charge in [0.2, 0.25) is 0 Å². The molecule has 2 aromatic heterocycles. The van der Waals surface area contributed by atoms with Crippen LogP contribution in [0.3, 0.4) is 0 Å². The van der Waals surface area contributed by atoms with Crippen molar-refractivity contribution in [1.82, 2.24) is 20.8 Å². The quantitative estimate of drug-likeness (QED) is 0.437. The largest absolute Gasteiger partial charge is 0.387 e. The smallest absolute Gasteiger partial charge is 0.258 e. The average Bonchev–Trinajstić information content (AvgIpc) is 2.74. The van der Waals surface area contributed by atoms with Crippen LogP contribution in [0.5, 0.6) is 0 Å². The number of fused-ring (bicyclic) bond motifs is 3. The zero-order chi connectivity index (χ0) is 21.3. The van der Waals surface area contributed by atoms with E-state index < -0.39 is 0 Å². The highest BCUT2D eigenvalue weighted by Gasteiger charge is 2.15. The van der Waals surface area contributed by atoms with Crippen LogP contribution in [0.2, 0.25) is 10.0 Å². The second-order valence-corrected chi connectivity index (χ2v) is 7.38. The summed E-state index contributed by atoms with van der Waals surface area (Å²) in [6.45, 7) is 6.89. The first-order valence-electron chi connectivity index (χ1n) is 9.28. The molecule has 0 fully saturated rings. The van der Waals surface area contributed by atoms with E-state index in [4.69, 9.17) is 28.0 Å². The van der Waals surface area contributed by atoms with Crippen LogP contribution in [-0.2, 0) is 4.84 Å². The summed E-state index contributed by atoms with van der Waals surface area (Å²) >= 11 is 13.0. The standard InChI is InChI=1S/C21H19Cl2N5O2/c1-3-30-28-11(2)12-8-15(22)19(16(23)9-12)27-20-13-4-6-24-10-14(13)18-17(26-20)5-7-25-21(18)29/h4-5,7-10,24,28H,2-3,6H2,1H3,(H,25,29)(H,26,27). The fourth-order valence-corrected chi connectivity index (χ4v) is 3.82. The molecule has 3 aromatic rings. The number of nitrogens with zero attached hydrogens (tertiary/aromatic N) is 1. The van der Waals surface area contributed by atoms with Gasteiger partial charge >= 0.3 is 0 Å². The molecule has 1 aromatic carbocycles. The van der Waals surface area contributed by atoms with Crippen LogP contribution < -0.4 is 32.1 Å². The molecule has 9 heteroatoms. The number of hydrogen-bond donors (Lipinski definition) is 4. The molecule has 0 amide bonds. The van der Waals surface area contributed by atoms with Crippen molar-refractivity contribution in [2.24, 2.45) is 0 Å². The van der Waals surface area contributed by atoms with Gasteiger partial charge in [-0.25, -0.2) is 4.98 Å². The molecule has 0 saturated heterocycles. The third-order valence-electron chi connectivity index (χ3n) is 4.63. The van der Waals surface area contributed by atoms with Crippen molar-refractivity contribution in [2.75, 3.05) is 18.5 Å². The lowest BCUT2D eigenvalue weighted by molar-refractivity contribution is 0.0901. The predicted octanol–water partition coefficient (Wildman–Crippen LogP) is 2.61. The number of pyridine rings is 2. The van der Waals surface area contributed by atoms with Crippen molar-refractivity contribution in [3.63, 3.8) is 0 Å². The van der Waals surface area contributed by atoms with E-state index in [9.17, 15) is 4.79 Å². The highest BCUT2D eigenvalue weighted by Crippen LogP contribution is 2.34. The second kappa shape index (κ2) is 8.39. The maximum absolute atomic E-state index is 12.4. The minimum atomic E-state index is -0.197. The molecule has 0 aliphatic carbocycles. The minimum absolute atomic E-state index is 0.197. The Kier molecular flexibility index (Phi) is 5.67. The number of benzene rings is 1. The topological polar surface area (TPSA) is 91.1 Å². The first-order valence-corrected chi connectivity index (χ1v) is 10.0. The van der Waals surface area contributed by atoms with Crippen LogP contribution in [-0.4, -0.2) is 23.1 Å². The van der Waals surface area contributed by atoms with E-state index in [1.54, 1.807) is 24.4 Å². The van der Waals surface area contributed by atoms with Gasteiger partial charge in [-0.05, 0) is 25.1 Å². The minimum Gasteiger partial charge on any atom is -0.387 e. The third-order valence-corrected chi connectivity index (χ3v) is 5.23.